The second-order valence-electron chi connectivity index (χ2n) is 4.66. The summed E-state index contributed by atoms with van der Waals surface area (Å²) in [5, 5.41) is 11.7. The zero-order valence-corrected chi connectivity index (χ0v) is 11.3. The van der Waals surface area contributed by atoms with Crippen molar-refractivity contribution in [1.29, 1.82) is 0 Å². The number of hydrogen-bond donors (Lipinski definition) is 2. The van der Waals surface area contributed by atoms with Crippen molar-refractivity contribution in [3.05, 3.63) is 0 Å². The van der Waals surface area contributed by atoms with Crippen LogP contribution in [0.2, 0.25) is 0 Å². The molecule has 0 aliphatic carbocycles. The zero-order valence-electron chi connectivity index (χ0n) is 11.3. The van der Waals surface area contributed by atoms with Crippen molar-refractivity contribution in [3.8, 4) is 0 Å². The van der Waals surface area contributed by atoms with Crippen molar-refractivity contribution in [1.82, 2.24) is 5.32 Å². The highest BCUT2D eigenvalue weighted by molar-refractivity contribution is 5.83. The van der Waals surface area contributed by atoms with Gasteiger partial charge in [-0.2, -0.15) is 0 Å². The standard InChI is InChI=1S/C13H25NO3/c1-5-9(4)12(13(16)17)14-11(15)8-10(6-2)7-3/h9-10,12H,5-8H2,1-4H3,(H,14,15)(H,16,17). The van der Waals surface area contributed by atoms with Crippen LogP contribution in [0.5, 0.6) is 0 Å². The topological polar surface area (TPSA) is 66.4 Å². The van der Waals surface area contributed by atoms with E-state index in [0.29, 0.717) is 12.3 Å². The van der Waals surface area contributed by atoms with Gasteiger partial charge in [-0.3, -0.25) is 4.79 Å². The van der Waals surface area contributed by atoms with Crippen molar-refractivity contribution in [2.75, 3.05) is 0 Å². The van der Waals surface area contributed by atoms with Crippen molar-refractivity contribution in [3.63, 3.8) is 0 Å². The molecule has 2 N–H and O–H groups in total. The Hall–Kier alpha value is -1.06. The molecule has 0 fully saturated rings. The Labute approximate surface area is 104 Å². The van der Waals surface area contributed by atoms with Crippen LogP contribution in [0.15, 0.2) is 0 Å². The number of aliphatic carboxylic acids is 1. The molecule has 100 valence electrons. The molecule has 4 nitrogen and oxygen atoms in total. The van der Waals surface area contributed by atoms with Gasteiger partial charge in [0, 0.05) is 6.42 Å². The molecule has 0 aromatic rings. The minimum absolute atomic E-state index is 0.0434. The third-order valence-electron chi connectivity index (χ3n) is 3.42. The third kappa shape index (κ3) is 5.71. The fourth-order valence-corrected chi connectivity index (χ4v) is 1.75. The van der Waals surface area contributed by atoms with E-state index in [1.54, 1.807) is 0 Å². The molecule has 0 bridgehead atoms. The zero-order chi connectivity index (χ0) is 13.4. The summed E-state index contributed by atoms with van der Waals surface area (Å²) in [5.41, 5.74) is 0. The maximum Gasteiger partial charge on any atom is 0.326 e. The molecule has 0 aliphatic heterocycles. The van der Waals surface area contributed by atoms with Crippen LogP contribution >= 0.6 is 0 Å². The predicted octanol–water partition coefficient (Wildman–Crippen LogP) is 2.43. The monoisotopic (exact) mass is 243 g/mol. The van der Waals surface area contributed by atoms with Crippen molar-refractivity contribution >= 4 is 11.9 Å². The summed E-state index contributed by atoms with van der Waals surface area (Å²) in [6, 6.07) is -0.762. The van der Waals surface area contributed by atoms with Crippen LogP contribution in [0.3, 0.4) is 0 Å². The van der Waals surface area contributed by atoms with Crippen LogP contribution in [0.25, 0.3) is 0 Å². The molecule has 17 heavy (non-hydrogen) atoms. The summed E-state index contributed by atoms with van der Waals surface area (Å²) in [7, 11) is 0. The van der Waals surface area contributed by atoms with E-state index in [2.05, 4.69) is 5.32 Å². The van der Waals surface area contributed by atoms with Gasteiger partial charge in [0.25, 0.3) is 0 Å². The molecule has 0 heterocycles. The molecule has 1 amide bonds. The van der Waals surface area contributed by atoms with E-state index in [1.165, 1.54) is 0 Å². The summed E-state index contributed by atoms with van der Waals surface area (Å²) in [6.45, 7) is 7.86. The summed E-state index contributed by atoms with van der Waals surface area (Å²) >= 11 is 0. The van der Waals surface area contributed by atoms with Gasteiger partial charge >= 0.3 is 5.97 Å². The Kier molecular flexibility index (Phi) is 7.59. The fraction of sp³-hybridized carbons (Fsp3) is 0.846. The van der Waals surface area contributed by atoms with Crippen LogP contribution in [-0.4, -0.2) is 23.0 Å². The molecular formula is C13H25NO3. The van der Waals surface area contributed by atoms with Gasteiger partial charge in [0.1, 0.15) is 6.04 Å². The van der Waals surface area contributed by atoms with Gasteiger partial charge in [0.2, 0.25) is 5.91 Å². The Bertz CT molecular complexity index is 249. The van der Waals surface area contributed by atoms with Crippen molar-refractivity contribution in [2.24, 2.45) is 11.8 Å². The molecule has 2 atom stereocenters. The smallest absolute Gasteiger partial charge is 0.326 e. The molecule has 4 heteroatoms. The Morgan fingerprint density at radius 3 is 2.00 bits per heavy atom. The van der Waals surface area contributed by atoms with Crippen LogP contribution in [0.4, 0.5) is 0 Å². The summed E-state index contributed by atoms with van der Waals surface area (Å²) in [4.78, 5) is 22.8. The van der Waals surface area contributed by atoms with Crippen LogP contribution in [0, 0.1) is 11.8 Å². The number of amides is 1. The normalized spacial score (nSPS) is 14.4. The van der Waals surface area contributed by atoms with E-state index in [4.69, 9.17) is 5.11 Å². The highest BCUT2D eigenvalue weighted by Crippen LogP contribution is 2.13. The summed E-state index contributed by atoms with van der Waals surface area (Å²) < 4.78 is 0. The number of carbonyl (C=O) groups is 2. The number of nitrogens with one attached hydrogen (secondary N) is 1. The van der Waals surface area contributed by atoms with Crippen molar-refractivity contribution in [2.45, 2.75) is 59.4 Å². The quantitative estimate of drug-likeness (QED) is 0.688. The molecule has 0 saturated heterocycles. The van der Waals surface area contributed by atoms with Crippen LogP contribution in [-0.2, 0) is 9.59 Å². The van der Waals surface area contributed by atoms with Crippen LogP contribution in [0.1, 0.15) is 53.4 Å². The second-order valence-corrected chi connectivity index (χ2v) is 4.66. The minimum atomic E-state index is -0.947. The van der Waals surface area contributed by atoms with Gasteiger partial charge in [-0.05, 0) is 11.8 Å². The lowest BCUT2D eigenvalue weighted by Gasteiger charge is -2.21. The SMILES string of the molecule is CCC(CC)CC(=O)NC(C(=O)O)C(C)CC. The molecule has 0 aromatic heterocycles. The van der Waals surface area contributed by atoms with E-state index < -0.39 is 12.0 Å². The number of rotatable bonds is 8. The largest absolute Gasteiger partial charge is 0.480 e. The highest BCUT2D eigenvalue weighted by Gasteiger charge is 2.25. The molecule has 0 radical (unpaired) electrons. The van der Waals surface area contributed by atoms with Gasteiger partial charge in [-0.15, -0.1) is 0 Å². The Balaban J connectivity index is 4.36. The first-order valence-corrected chi connectivity index (χ1v) is 6.48. The molecule has 2 unspecified atom stereocenters. The number of hydrogen-bond acceptors (Lipinski definition) is 2. The molecule has 0 aromatic carbocycles. The molecular weight excluding hydrogens is 218 g/mol. The first-order chi connectivity index (χ1) is 7.96. The Morgan fingerprint density at radius 2 is 1.65 bits per heavy atom. The lowest BCUT2D eigenvalue weighted by molar-refractivity contribution is -0.143. The van der Waals surface area contributed by atoms with E-state index in [9.17, 15) is 9.59 Å². The Morgan fingerprint density at radius 1 is 1.12 bits per heavy atom. The fourth-order valence-electron chi connectivity index (χ4n) is 1.75. The van der Waals surface area contributed by atoms with Crippen molar-refractivity contribution < 1.29 is 14.7 Å². The van der Waals surface area contributed by atoms with E-state index >= 15 is 0 Å². The maximum absolute atomic E-state index is 11.7. The van der Waals surface area contributed by atoms with Gasteiger partial charge in [0.15, 0.2) is 0 Å². The molecule has 0 saturated carbocycles. The molecule has 0 rings (SSSR count). The third-order valence-corrected chi connectivity index (χ3v) is 3.42. The van der Waals surface area contributed by atoms with E-state index in [1.807, 2.05) is 27.7 Å². The molecule has 0 aliphatic rings. The lowest BCUT2D eigenvalue weighted by Crippen LogP contribution is -2.45. The van der Waals surface area contributed by atoms with Gasteiger partial charge in [-0.25, -0.2) is 4.79 Å². The summed E-state index contributed by atoms with van der Waals surface area (Å²) in [6.07, 6.45) is 3.06. The minimum Gasteiger partial charge on any atom is -0.480 e. The van der Waals surface area contributed by atoms with E-state index in [-0.39, 0.29) is 11.8 Å². The average molecular weight is 243 g/mol. The average Bonchev–Trinajstić information content (AvgIpc) is 2.31. The number of carbonyl (C=O) groups excluding carboxylic acids is 1. The van der Waals surface area contributed by atoms with Crippen LogP contribution < -0.4 is 5.32 Å². The maximum atomic E-state index is 11.7. The van der Waals surface area contributed by atoms with E-state index in [0.717, 1.165) is 19.3 Å². The molecule has 0 spiro atoms. The first-order valence-electron chi connectivity index (χ1n) is 6.48. The second kappa shape index (κ2) is 8.09. The number of carboxylic acids is 1. The predicted molar refractivity (Wildman–Crippen MR) is 67.7 cm³/mol. The lowest BCUT2D eigenvalue weighted by atomic mass is 9.96. The summed E-state index contributed by atoms with van der Waals surface area (Å²) in [5.74, 6) is -0.789. The van der Waals surface area contributed by atoms with Gasteiger partial charge < -0.3 is 10.4 Å². The highest BCUT2D eigenvalue weighted by atomic mass is 16.4. The first kappa shape index (κ1) is 15.9. The number of carboxylic acid groups (broad SMARTS) is 1. The van der Waals surface area contributed by atoms with Gasteiger partial charge in [0.05, 0.1) is 0 Å². The van der Waals surface area contributed by atoms with Gasteiger partial charge in [-0.1, -0.05) is 47.0 Å².